The number of benzene rings is 5. The maximum absolute atomic E-state index is 14.2. The van der Waals surface area contributed by atoms with E-state index in [-0.39, 0.29) is 11.4 Å². The fraction of sp³-hybridized carbons (Fsp3) is 0.152. The van der Waals surface area contributed by atoms with Crippen molar-refractivity contribution in [2.24, 2.45) is 5.41 Å². The largest absolute Gasteiger partial charge is 0.472 e. The quantitative estimate of drug-likeness (QED) is 0.124. The number of ether oxygens (including phenoxy) is 3. The van der Waals surface area contributed by atoms with Crippen LogP contribution in [0.25, 0.3) is 22.3 Å². The molecule has 2 unspecified atom stereocenters. The molecule has 4 aromatic carbocycles. The molecule has 4 heterocycles. The number of esters is 2. The van der Waals surface area contributed by atoms with Crippen LogP contribution in [0.4, 0.5) is 0 Å². The van der Waals surface area contributed by atoms with Crippen LogP contribution in [0.5, 0.6) is 11.5 Å². The minimum absolute atomic E-state index is 0.199. The third kappa shape index (κ3) is 4.72. The summed E-state index contributed by atoms with van der Waals surface area (Å²) >= 11 is 0. The molecule has 2 atom stereocenters. The normalized spacial score (nSPS) is 18.6. The zero-order valence-electron chi connectivity index (χ0n) is 30.0. The summed E-state index contributed by atoms with van der Waals surface area (Å²) in [5.74, 6) is -0.199. The van der Waals surface area contributed by atoms with Gasteiger partial charge in [0.2, 0.25) is 0 Å². The number of carbonyl (C=O) groups is 3. The van der Waals surface area contributed by atoms with Gasteiger partial charge in [0, 0.05) is 44.5 Å². The van der Waals surface area contributed by atoms with Crippen LogP contribution < -0.4 is 4.74 Å². The number of carbonyl (C=O) groups excluding carboxylic acids is 3. The van der Waals surface area contributed by atoms with Gasteiger partial charge in [0.15, 0.2) is 17.0 Å². The first-order chi connectivity index (χ1) is 25.9. The van der Waals surface area contributed by atoms with Crippen LogP contribution in [0, 0.1) is 5.41 Å². The molecule has 0 spiro atoms. The summed E-state index contributed by atoms with van der Waals surface area (Å²) in [5, 5.41) is 0. The second-order valence-corrected chi connectivity index (χ2v) is 14.9. The van der Waals surface area contributed by atoms with Crippen LogP contribution in [-0.4, -0.2) is 17.7 Å². The minimum atomic E-state index is -1.56. The Morgan fingerprint density at radius 3 is 2.06 bits per heavy atom. The SMILES string of the molecule is C=C(C)C(=O)OC1(c2cc3ccc2o3)c2ccccc2C(=O)c2ccc(-c3ccc4c(c3)C(OC(=O)C(C)(C)C)(c3ccoc3)c3ccccc3O4)cc21. The Kier molecular flexibility index (Phi) is 7.17. The molecular weight excluding hydrogens is 680 g/mol. The first-order valence-corrected chi connectivity index (χ1v) is 17.6. The smallest absolute Gasteiger partial charge is 0.334 e. The van der Waals surface area contributed by atoms with Gasteiger partial charge in [0.05, 0.1) is 23.5 Å². The Balaban J connectivity index is 1.30. The zero-order chi connectivity index (χ0) is 37.6. The summed E-state index contributed by atoms with van der Waals surface area (Å²) in [6.45, 7) is 10.9. The summed E-state index contributed by atoms with van der Waals surface area (Å²) in [5.41, 5.74) is 3.14. The summed E-state index contributed by atoms with van der Waals surface area (Å²) < 4.78 is 31.3. The monoisotopic (exact) mass is 714 g/mol. The number of para-hydroxylation sites is 1. The summed E-state index contributed by atoms with van der Waals surface area (Å²) in [6, 6.07) is 33.2. The summed E-state index contributed by atoms with van der Waals surface area (Å²) in [6.07, 6.45) is 3.13. The number of hydrogen-bond acceptors (Lipinski definition) is 8. The van der Waals surface area contributed by atoms with Crippen molar-refractivity contribution in [3.05, 3.63) is 178 Å². The van der Waals surface area contributed by atoms with E-state index in [0.29, 0.717) is 72.7 Å². The third-order valence-electron chi connectivity index (χ3n) is 10.3. The molecule has 9 rings (SSSR count). The number of rotatable bonds is 6. The van der Waals surface area contributed by atoms with Gasteiger partial charge >= 0.3 is 11.9 Å². The topological polar surface area (TPSA) is 105 Å². The molecule has 8 heteroatoms. The maximum Gasteiger partial charge on any atom is 0.334 e. The van der Waals surface area contributed by atoms with E-state index >= 15 is 0 Å². The molecule has 266 valence electrons. The second kappa shape index (κ2) is 11.7. The van der Waals surface area contributed by atoms with Crippen molar-refractivity contribution in [1.82, 2.24) is 0 Å². The Morgan fingerprint density at radius 2 is 1.37 bits per heavy atom. The van der Waals surface area contributed by atoms with Gasteiger partial charge in [0.1, 0.15) is 22.7 Å². The minimum Gasteiger partial charge on any atom is -0.472 e. The van der Waals surface area contributed by atoms with Gasteiger partial charge in [-0.05, 0) is 93.4 Å². The molecule has 3 aromatic heterocycles. The molecule has 8 nitrogen and oxygen atoms in total. The van der Waals surface area contributed by atoms with Crippen molar-refractivity contribution in [1.29, 1.82) is 0 Å². The highest BCUT2D eigenvalue weighted by Gasteiger charge is 2.52. The number of ketones is 1. The second-order valence-electron chi connectivity index (χ2n) is 14.9. The van der Waals surface area contributed by atoms with Crippen LogP contribution in [0.3, 0.4) is 0 Å². The average Bonchev–Trinajstić information content (AvgIpc) is 3.96. The van der Waals surface area contributed by atoms with E-state index in [0.717, 1.165) is 5.56 Å². The highest BCUT2D eigenvalue weighted by molar-refractivity contribution is 6.14. The molecule has 54 heavy (non-hydrogen) atoms. The van der Waals surface area contributed by atoms with Gasteiger partial charge < -0.3 is 23.0 Å². The van der Waals surface area contributed by atoms with E-state index in [9.17, 15) is 14.4 Å². The Bertz CT molecular complexity index is 2670. The van der Waals surface area contributed by atoms with Crippen molar-refractivity contribution in [2.45, 2.75) is 38.9 Å². The molecule has 2 aliphatic rings. The first-order valence-electron chi connectivity index (χ1n) is 17.6. The zero-order valence-corrected chi connectivity index (χ0v) is 30.0. The first kappa shape index (κ1) is 33.2. The summed E-state index contributed by atoms with van der Waals surface area (Å²) in [7, 11) is 0. The predicted octanol–water partition coefficient (Wildman–Crippen LogP) is 10.1. The van der Waals surface area contributed by atoms with Crippen molar-refractivity contribution >= 4 is 28.9 Å². The lowest BCUT2D eigenvalue weighted by Gasteiger charge is -2.40. The third-order valence-corrected chi connectivity index (χ3v) is 10.3. The van der Waals surface area contributed by atoms with Crippen LogP contribution in [0.2, 0.25) is 0 Å². The molecular formula is C46H34O8. The predicted molar refractivity (Wildman–Crippen MR) is 201 cm³/mol. The van der Waals surface area contributed by atoms with Gasteiger partial charge in [-0.15, -0.1) is 0 Å². The average molecular weight is 715 g/mol. The van der Waals surface area contributed by atoms with Gasteiger partial charge in [0.25, 0.3) is 0 Å². The molecule has 0 saturated carbocycles. The van der Waals surface area contributed by atoms with E-state index in [1.54, 1.807) is 43.7 Å². The van der Waals surface area contributed by atoms with Crippen molar-refractivity contribution < 1.29 is 37.4 Å². The van der Waals surface area contributed by atoms with Crippen LogP contribution >= 0.6 is 0 Å². The molecule has 7 aromatic rings. The molecule has 0 fully saturated rings. The molecule has 0 radical (unpaired) electrons. The van der Waals surface area contributed by atoms with Gasteiger partial charge in [-0.1, -0.05) is 61.2 Å². The number of hydrogen-bond donors (Lipinski definition) is 0. The van der Waals surface area contributed by atoms with Crippen LogP contribution in [0.15, 0.2) is 143 Å². The fourth-order valence-electron chi connectivity index (χ4n) is 7.66. The van der Waals surface area contributed by atoms with E-state index in [1.165, 1.54) is 0 Å². The van der Waals surface area contributed by atoms with Gasteiger partial charge in [-0.3, -0.25) is 9.59 Å². The maximum atomic E-state index is 14.2. The number of fused-ring (bicyclic) bond motifs is 6. The Labute approximate surface area is 310 Å². The van der Waals surface area contributed by atoms with E-state index in [4.69, 9.17) is 23.0 Å². The van der Waals surface area contributed by atoms with Crippen LogP contribution in [0.1, 0.15) is 77.0 Å². The van der Waals surface area contributed by atoms with Gasteiger partial charge in [-0.2, -0.15) is 0 Å². The Morgan fingerprint density at radius 1 is 0.685 bits per heavy atom. The van der Waals surface area contributed by atoms with Gasteiger partial charge in [-0.25, -0.2) is 4.79 Å². The molecule has 0 N–H and O–H groups in total. The van der Waals surface area contributed by atoms with Crippen molar-refractivity contribution in [3.63, 3.8) is 0 Å². The van der Waals surface area contributed by atoms with E-state index in [1.807, 2.05) is 106 Å². The number of furan rings is 3. The Hall–Kier alpha value is -6.67. The van der Waals surface area contributed by atoms with Crippen LogP contribution in [-0.2, 0) is 30.3 Å². The van der Waals surface area contributed by atoms with Crippen molar-refractivity contribution in [3.8, 4) is 22.6 Å². The molecule has 2 bridgehead atoms. The highest BCUT2D eigenvalue weighted by atomic mass is 16.6. The summed E-state index contributed by atoms with van der Waals surface area (Å²) in [4.78, 5) is 41.8. The molecule has 1 aliphatic heterocycles. The standard InChI is InChI=1S/C46H34O8/c1-26(2)42(48)53-46(37-24-30-16-19-39(37)51-30)33-11-7-6-10-31(33)41(47)32-17-14-27(22-35(32)46)28-15-18-40-36(23-28)45(29-20-21-50-25-29,54-43(49)44(3,4)5)34-12-8-9-13-38(34)52-40/h6-25H,1H2,2-5H3. The lowest BCUT2D eigenvalue weighted by Crippen LogP contribution is -2.41. The molecule has 0 amide bonds. The van der Waals surface area contributed by atoms with Crippen molar-refractivity contribution in [2.75, 3.05) is 0 Å². The van der Waals surface area contributed by atoms with E-state index < -0.39 is 28.6 Å². The molecule has 0 saturated heterocycles. The lowest BCUT2D eigenvalue weighted by atomic mass is 9.69. The van der Waals surface area contributed by atoms with E-state index in [2.05, 4.69) is 6.58 Å². The lowest BCUT2D eigenvalue weighted by molar-refractivity contribution is -0.163. The molecule has 1 aliphatic carbocycles. The fourth-order valence-corrected chi connectivity index (χ4v) is 7.66. The highest BCUT2D eigenvalue weighted by Crippen LogP contribution is 2.55.